The average Bonchev–Trinajstić information content (AvgIpc) is 3.05. The number of hydrogen-bond acceptors (Lipinski definition) is 4. The quantitative estimate of drug-likeness (QED) is 0.459. The van der Waals surface area contributed by atoms with E-state index in [0.717, 1.165) is 29.2 Å². The van der Waals surface area contributed by atoms with Crippen LogP contribution in [0.1, 0.15) is 18.2 Å². The van der Waals surface area contributed by atoms with Gasteiger partial charge in [-0.3, -0.25) is 9.36 Å². The second-order valence-electron chi connectivity index (χ2n) is 6.50. The van der Waals surface area contributed by atoms with Crippen LogP contribution in [0.2, 0.25) is 0 Å². The van der Waals surface area contributed by atoms with Gasteiger partial charge in [-0.15, -0.1) is 11.8 Å². The van der Waals surface area contributed by atoms with Gasteiger partial charge >= 0.3 is 0 Å². The van der Waals surface area contributed by atoms with Crippen LogP contribution in [0, 0.1) is 5.82 Å². The van der Waals surface area contributed by atoms with E-state index in [9.17, 15) is 9.18 Å². The summed E-state index contributed by atoms with van der Waals surface area (Å²) >= 11 is 3.15. The van der Waals surface area contributed by atoms with Crippen LogP contribution in [0.25, 0.3) is 5.69 Å². The van der Waals surface area contributed by atoms with E-state index in [2.05, 4.69) is 19.1 Å². The normalized spacial score (nSPS) is 15.7. The minimum Gasteiger partial charge on any atom is -0.268 e. The molecule has 0 spiro atoms. The second kappa shape index (κ2) is 7.90. The lowest BCUT2D eigenvalue weighted by Gasteiger charge is -2.13. The van der Waals surface area contributed by atoms with Crippen molar-refractivity contribution in [3.8, 4) is 5.69 Å². The molecule has 1 aliphatic heterocycles. The Morgan fingerprint density at radius 2 is 1.93 bits per heavy atom. The summed E-state index contributed by atoms with van der Waals surface area (Å²) in [6, 6.07) is 16.3. The van der Waals surface area contributed by atoms with Gasteiger partial charge in [-0.05, 0) is 36.2 Å². The fraction of sp³-hybridized carbons (Fsp3) is 0.238. The molecule has 1 aromatic heterocycles. The molecule has 1 aliphatic rings. The van der Waals surface area contributed by atoms with E-state index in [1.54, 1.807) is 40.2 Å². The number of fused-ring (bicyclic) bond motifs is 1. The first kappa shape index (κ1) is 18.3. The minimum absolute atomic E-state index is 0.0526. The highest BCUT2D eigenvalue weighted by atomic mass is 32.2. The van der Waals surface area contributed by atoms with Gasteiger partial charge in [0.25, 0.3) is 5.56 Å². The molecule has 6 heteroatoms. The molecule has 0 bridgehead atoms. The largest absolute Gasteiger partial charge is 0.272 e. The molecule has 1 unspecified atom stereocenters. The third-order valence-electron chi connectivity index (χ3n) is 4.43. The number of rotatable bonds is 5. The van der Waals surface area contributed by atoms with Crippen molar-refractivity contribution in [1.29, 1.82) is 0 Å². The standard InChI is InChI=1S/C21H19FN2OS2/c1-14-13-18-19(27-14)20(25)24(17-9-7-16(22)8-10-17)21(23-18)26-12-11-15-5-3-2-4-6-15/h2-10,14H,11-13H2,1H3. The summed E-state index contributed by atoms with van der Waals surface area (Å²) < 4.78 is 15.0. The number of benzene rings is 2. The van der Waals surface area contributed by atoms with Gasteiger partial charge in [-0.1, -0.05) is 49.0 Å². The molecule has 2 heterocycles. The molecule has 138 valence electrons. The summed E-state index contributed by atoms with van der Waals surface area (Å²) in [6.07, 6.45) is 1.71. The van der Waals surface area contributed by atoms with Gasteiger partial charge in [-0.25, -0.2) is 9.37 Å². The molecule has 27 heavy (non-hydrogen) atoms. The van der Waals surface area contributed by atoms with E-state index in [-0.39, 0.29) is 11.4 Å². The molecule has 2 aromatic carbocycles. The lowest BCUT2D eigenvalue weighted by molar-refractivity contribution is 0.626. The third-order valence-corrected chi connectivity index (χ3v) is 6.59. The average molecular weight is 399 g/mol. The van der Waals surface area contributed by atoms with E-state index < -0.39 is 0 Å². The first-order valence-corrected chi connectivity index (χ1v) is 10.7. The molecule has 0 radical (unpaired) electrons. The molecule has 3 nitrogen and oxygen atoms in total. The topological polar surface area (TPSA) is 34.9 Å². The third kappa shape index (κ3) is 3.96. The number of aryl methyl sites for hydroxylation is 1. The molecular formula is C21H19FN2OS2. The molecule has 0 fully saturated rings. The molecule has 1 atom stereocenters. The van der Waals surface area contributed by atoms with Gasteiger partial charge < -0.3 is 0 Å². The van der Waals surface area contributed by atoms with E-state index in [0.29, 0.717) is 16.1 Å². The highest BCUT2D eigenvalue weighted by Crippen LogP contribution is 2.35. The minimum atomic E-state index is -0.317. The van der Waals surface area contributed by atoms with E-state index >= 15 is 0 Å². The summed E-state index contributed by atoms with van der Waals surface area (Å²) in [5.74, 6) is 0.501. The predicted molar refractivity (Wildman–Crippen MR) is 110 cm³/mol. The van der Waals surface area contributed by atoms with Gasteiger partial charge in [0.15, 0.2) is 5.16 Å². The number of thioether (sulfide) groups is 2. The Labute approximate surface area is 166 Å². The molecule has 0 aliphatic carbocycles. The highest BCUT2D eigenvalue weighted by molar-refractivity contribution is 8.00. The van der Waals surface area contributed by atoms with Gasteiger partial charge in [0.05, 0.1) is 16.3 Å². The first-order valence-electron chi connectivity index (χ1n) is 8.87. The lowest BCUT2D eigenvalue weighted by Crippen LogP contribution is -2.24. The Morgan fingerprint density at radius 3 is 2.67 bits per heavy atom. The zero-order chi connectivity index (χ0) is 18.8. The fourth-order valence-corrected chi connectivity index (χ4v) is 5.23. The maximum Gasteiger partial charge on any atom is 0.272 e. The van der Waals surface area contributed by atoms with Crippen molar-refractivity contribution in [2.24, 2.45) is 0 Å². The van der Waals surface area contributed by atoms with Crippen LogP contribution >= 0.6 is 23.5 Å². The van der Waals surface area contributed by atoms with Crippen LogP contribution < -0.4 is 5.56 Å². The molecule has 0 saturated heterocycles. The molecule has 3 aromatic rings. The summed E-state index contributed by atoms with van der Waals surface area (Å²) in [7, 11) is 0. The van der Waals surface area contributed by atoms with Crippen LogP contribution in [-0.2, 0) is 12.8 Å². The summed E-state index contributed by atoms with van der Waals surface area (Å²) in [5, 5.41) is 1.03. The Bertz CT molecular complexity index is 1000. The van der Waals surface area contributed by atoms with Gasteiger partial charge in [0.1, 0.15) is 5.82 Å². The van der Waals surface area contributed by atoms with Crippen LogP contribution in [0.15, 0.2) is 69.4 Å². The summed E-state index contributed by atoms with van der Waals surface area (Å²) in [4.78, 5) is 18.7. The van der Waals surface area contributed by atoms with E-state index in [1.165, 1.54) is 17.7 Å². The SMILES string of the molecule is CC1Cc2nc(SCCc3ccccc3)n(-c3ccc(F)cc3)c(=O)c2S1. The highest BCUT2D eigenvalue weighted by Gasteiger charge is 2.26. The van der Waals surface area contributed by atoms with E-state index in [4.69, 9.17) is 4.98 Å². The molecule has 0 saturated carbocycles. The second-order valence-corrected chi connectivity index (χ2v) is 9.01. The molecular weight excluding hydrogens is 379 g/mol. The van der Waals surface area contributed by atoms with Crippen molar-refractivity contribution >= 4 is 23.5 Å². The maximum absolute atomic E-state index is 13.4. The Balaban J connectivity index is 1.68. The summed E-state index contributed by atoms with van der Waals surface area (Å²) in [5.41, 5.74) is 2.74. The van der Waals surface area contributed by atoms with Crippen molar-refractivity contribution in [3.63, 3.8) is 0 Å². The van der Waals surface area contributed by atoms with Crippen molar-refractivity contribution in [2.45, 2.75) is 35.1 Å². The smallest absolute Gasteiger partial charge is 0.268 e. The maximum atomic E-state index is 13.4. The Morgan fingerprint density at radius 1 is 1.19 bits per heavy atom. The molecule has 0 N–H and O–H groups in total. The zero-order valence-corrected chi connectivity index (χ0v) is 16.5. The zero-order valence-electron chi connectivity index (χ0n) is 14.9. The van der Waals surface area contributed by atoms with E-state index in [1.807, 2.05) is 18.2 Å². The fourth-order valence-electron chi connectivity index (χ4n) is 3.12. The number of hydrogen-bond donors (Lipinski definition) is 0. The van der Waals surface area contributed by atoms with Crippen LogP contribution in [0.3, 0.4) is 0 Å². The van der Waals surface area contributed by atoms with Crippen LogP contribution in [-0.4, -0.2) is 20.6 Å². The van der Waals surface area contributed by atoms with Crippen LogP contribution in [0.4, 0.5) is 4.39 Å². The van der Waals surface area contributed by atoms with Crippen molar-refractivity contribution in [1.82, 2.24) is 9.55 Å². The molecule has 0 amide bonds. The first-order chi connectivity index (χ1) is 13.1. The monoisotopic (exact) mass is 398 g/mol. The number of aromatic nitrogens is 2. The number of halogens is 1. The van der Waals surface area contributed by atoms with Crippen molar-refractivity contribution in [3.05, 3.63) is 82.0 Å². The van der Waals surface area contributed by atoms with Gasteiger partial charge in [-0.2, -0.15) is 0 Å². The predicted octanol–water partition coefficient (Wildman–Crippen LogP) is 4.74. The van der Waals surface area contributed by atoms with Gasteiger partial charge in [0.2, 0.25) is 0 Å². The molecule has 4 rings (SSSR count). The van der Waals surface area contributed by atoms with Gasteiger partial charge in [0, 0.05) is 17.4 Å². The summed E-state index contributed by atoms with van der Waals surface area (Å²) in [6.45, 7) is 2.11. The lowest BCUT2D eigenvalue weighted by atomic mass is 10.2. The van der Waals surface area contributed by atoms with Crippen molar-refractivity contribution in [2.75, 3.05) is 5.75 Å². The number of nitrogens with zero attached hydrogens (tertiary/aromatic N) is 2. The van der Waals surface area contributed by atoms with Crippen LogP contribution in [0.5, 0.6) is 0 Å². The Kier molecular flexibility index (Phi) is 5.36. The van der Waals surface area contributed by atoms with Crippen molar-refractivity contribution < 1.29 is 4.39 Å². The Hall–Kier alpha value is -2.05.